The number of pyridine rings is 1. The molecule has 0 spiro atoms. The molecule has 1 fully saturated rings. The van der Waals surface area contributed by atoms with Crippen LogP contribution in [0.1, 0.15) is 32.0 Å². The molecule has 3 rings (SSSR count). The molecule has 2 aromatic heterocycles. The van der Waals surface area contributed by atoms with Gasteiger partial charge in [0.1, 0.15) is 5.82 Å². The number of imidazole rings is 1. The minimum absolute atomic E-state index is 0.571. The molecule has 0 aliphatic heterocycles. The Morgan fingerprint density at radius 2 is 2.16 bits per heavy atom. The van der Waals surface area contributed by atoms with Crippen molar-refractivity contribution in [3.8, 4) is 5.82 Å². The number of rotatable bonds is 3. The standard InChI is InChI=1S/C15H20N4/c1-11-5-6-13(10-11)18-14-4-3-7-17-15(14)19-9-8-16-12(19)2/h3-4,7-9,11,13,18H,5-6,10H2,1-2H3. The molecular weight excluding hydrogens is 236 g/mol. The summed E-state index contributed by atoms with van der Waals surface area (Å²) in [7, 11) is 0. The fraction of sp³-hybridized carbons (Fsp3) is 0.467. The van der Waals surface area contributed by atoms with Gasteiger partial charge >= 0.3 is 0 Å². The maximum atomic E-state index is 4.50. The predicted molar refractivity (Wildman–Crippen MR) is 76.5 cm³/mol. The third-order valence-corrected chi connectivity index (χ3v) is 3.90. The van der Waals surface area contributed by atoms with E-state index >= 15 is 0 Å². The van der Waals surface area contributed by atoms with E-state index < -0.39 is 0 Å². The molecule has 4 heteroatoms. The summed E-state index contributed by atoms with van der Waals surface area (Å²) in [6.45, 7) is 4.32. The smallest absolute Gasteiger partial charge is 0.161 e. The molecular formula is C15H20N4. The van der Waals surface area contributed by atoms with E-state index in [9.17, 15) is 0 Å². The van der Waals surface area contributed by atoms with Gasteiger partial charge in [0.15, 0.2) is 5.82 Å². The summed E-state index contributed by atoms with van der Waals surface area (Å²) in [6.07, 6.45) is 9.41. The summed E-state index contributed by atoms with van der Waals surface area (Å²) in [6, 6.07) is 4.66. The number of nitrogens with one attached hydrogen (secondary N) is 1. The molecule has 0 aromatic carbocycles. The molecule has 0 amide bonds. The second-order valence-corrected chi connectivity index (χ2v) is 5.48. The van der Waals surface area contributed by atoms with E-state index in [1.165, 1.54) is 19.3 Å². The number of hydrogen-bond donors (Lipinski definition) is 1. The average molecular weight is 256 g/mol. The maximum Gasteiger partial charge on any atom is 0.161 e. The van der Waals surface area contributed by atoms with Crippen LogP contribution in [0.5, 0.6) is 0 Å². The Morgan fingerprint density at radius 1 is 1.26 bits per heavy atom. The lowest BCUT2D eigenvalue weighted by atomic mass is 10.1. The van der Waals surface area contributed by atoms with Crippen molar-refractivity contribution in [1.82, 2.24) is 14.5 Å². The number of aromatic nitrogens is 3. The lowest BCUT2D eigenvalue weighted by molar-refractivity contribution is 0.602. The molecule has 1 N–H and O–H groups in total. The van der Waals surface area contributed by atoms with E-state index in [0.717, 1.165) is 23.2 Å². The minimum atomic E-state index is 0.571. The van der Waals surface area contributed by atoms with Crippen LogP contribution in [-0.4, -0.2) is 20.6 Å². The molecule has 1 aliphatic rings. The first kappa shape index (κ1) is 12.2. The summed E-state index contributed by atoms with van der Waals surface area (Å²) in [5.74, 6) is 2.73. The lowest BCUT2D eigenvalue weighted by Gasteiger charge is -2.17. The van der Waals surface area contributed by atoms with Gasteiger partial charge in [-0.3, -0.25) is 4.57 Å². The number of anilines is 1. The van der Waals surface area contributed by atoms with Crippen LogP contribution in [0.15, 0.2) is 30.7 Å². The molecule has 1 aliphatic carbocycles. The lowest BCUT2D eigenvalue weighted by Crippen LogP contribution is -2.17. The Kier molecular flexibility index (Phi) is 3.23. The Bertz CT molecular complexity index is 561. The zero-order chi connectivity index (χ0) is 13.2. The summed E-state index contributed by atoms with van der Waals surface area (Å²) >= 11 is 0. The van der Waals surface area contributed by atoms with Crippen LogP contribution in [0, 0.1) is 12.8 Å². The Hall–Kier alpha value is -1.84. The van der Waals surface area contributed by atoms with E-state index in [1.807, 2.05) is 36.1 Å². The fourth-order valence-corrected chi connectivity index (χ4v) is 2.86. The molecule has 2 unspecified atom stereocenters. The van der Waals surface area contributed by atoms with Gasteiger partial charge in [0.05, 0.1) is 5.69 Å². The van der Waals surface area contributed by atoms with Gasteiger partial charge in [0.2, 0.25) is 0 Å². The molecule has 2 atom stereocenters. The van der Waals surface area contributed by atoms with Crippen LogP contribution in [0.4, 0.5) is 5.69 Å². The van der Waals surface area contributed by atoms with Crippen molar-refractivity contribution < 1.29 is 0 Å². The highest BCUT2D eigenvalue weighted by molar-refractivity contribution is 5.57. The van der Waals surface area contributed by atoms with Crippen molar-refractivity contribution in [2.24, 2.45) is 5.92 Å². The zero-order valence-electron chi connectivity index (χ0n) is 11.5. The van der Waals surface area contributed by atoms with Crippen molar-refractivity contribution in [3.63, 3.8) is 0 Å². The molecule has 2 heterocycles. The van der Waals surface area contributed by atoms with Gasteiger partial charge in [0.25, 0.3) is 0 Å². The van der Waals surface area contributed by atoms with Crippen LogP contribution < -0.4 is 5.32 Å². The first-order chi connectivity index (χ1) is 9.24. The summed E-state index contributed by atoms with van der Waals surface area (Å²) in [5.41, 5.74) is 1.10. The summed E-state index contributed by atoms with van der Waals surface area (Å²) in [4.78, 5) is 8.78. The monoisotopic (exact) mass is 256 g/mol. The predicted octanol–water partition coefficient (Wildman–Crippen LogP) is 3.18. The molecule has 0 saturated heterocycles. The van der Waals surface area contributed by atoms with E-state index in [-0.39, 0.29) is 0 Å². The van der Waals surface area contributed by atoms with Crippen molar-refractivity contribution >= 4 is 5.69 Å². The van der Waals surface area contributed by atoms with Gasteiger partial charge in [0, 0.05) is 24.6 Å². The van der Waals surface area contributed by atoms with Crippen molar-refractivity contribution in [2.75, 3.05) is 5.32 Å². The van der Waals surface area contributed by atoms with E-state index in [1.54, 1.807) is 0 Å². The third-order valence-electron chi connectivity index (χ3n) is 3.90. The normalized spacial score (nSPS) is 22.6. The van der Waals surface area contributed by atoms with Gasteiger partial charge in [-0.2, -0.15) is 0 Å². The Balaban J connectivity index is 1.88. The van der Waals surface area contributed by atoms with Crippen molar-refractivity contribution in [1.29, 1.82) is 0 Å². The number of nitrogens with zero attached hydrogens (tertiary/aromatic N) is 3. The highest BCUT2D eigenvalue weighted by Crippen LogP contribution is 2.29. The first-order valence-corrected chi connectivity index (χ1v) is 6.96. The van der Waals surface area contributed by atoms with Gasteiger partial charge in [-0.15, -0.1) is 0 Å². The number of hydrogen-bond acceptors (Lipinski definition) is 3. The Morgan fingerprint density at radius 3 is 2.84 bits per heavy atom. The molecule has 4 nitrogen and oxygen atoms in total. The highest BCUT2D eigenvalue weighted by atomic mass is 15.1. The molecule has 100 valence electrons. The van der Waals surface area contributed by atoms with Gasteiger partial charge in [-0.05, 0) is 44.2 Å². The second-order valence-electron chi connectivity index (χ2n) is 5.48. The molecule has 0 radical (unpaired) electrons. The fourth-order valence-electron chi connectivity index (χ4n) is 2.86. The molecule has 19 heavy (non-hydrogen) atoms. The second kappa shape index (κ2) is 5.03. The van der Waals surface area contributed by atoms with E-state index in [0.29, 0.717) is 6.04 Å². The van der Waals surface area contributed by atoms with Gasteiger partial charge in [-0.1, -0.05) is 6.92 Å². The van der Waals surface area contributed by atoms with Crippen LogP contribution >= 0.6 is 0 Å². The van der Waals surface area contributed by atoms with Crippen LogP contribution in [0.3, 0.4) is 0 Å². The summed E-state index contributed by atoms with van der Waals surface area (Å²) < 4.78 is 2.03. The van der Waals surface area contributed by atoms with Crippen LogP contribution in [-0.2, 0) is 0 Å². The maximum absolute atomic E-state index is 4.50. The van der Waals surface area contributed by atoms with Crippen molar-refractivity contribution in [3.05, 3.63) is 36.5 Å². The number of aryl methyl sites for hydroxylation is 1. The SMILES string of the molecule is Cc1nccn1-c1ncccc1NC1CCC(C)C1. The molecule has 0 bridgehead atoms. The quantitative estimate of drug-likeness (QED) is 0.917. The van der Waals surface area contributed by atoms with Crippen LogP contribution in [0.25, 0.3) is 5.82 Å². The highest BCUT2D eigenvalue weighted by Gasteiger charge is 2.22. The summed E-state index contributed by atoms with van der Waals surface area (Å²) in [5, 5.41) is 3.64. The van der Waals surface area contributed by atoms with E-state index in [4.69, 9.17) is 0 Å². The largest absolute Gasteiger partial charge is 0.379 e. The molecule has 2 aromatic rings. The molecule has 1 saturated carbocycles. The van der Waals surface area contributed by atoms with Gasteiger partial charge in [-0.25, -0.2) is 9.97 Å². The van der Waals surface area contributed by atoms with Crippen molar-refractivity contribution in [2.45, 2.75) is 39.2 Å². The van der Waals surface area contributed by atoms with E-state index in [2.05, 4.69) is 28.3 Å². The Labute approximate surface area is 113 Å². The topological polar surface area (TPSA) is 42.7 Å². The zero-order valence-corrected chi connectivity index (χ0v) is 11.5. The first-order valence-electron chi connectivity index (χ1n) is 6.96. The third kappa shape index (κ3) is 2.48. The van der Waals surface area contributed by atoms with Gasteiger partial charge < -0.3 is 5.32 Å². The minimum Gasteiger partial charge on any atom is -0.379 e. The van der Waals surface area contributed by atoms with Crippen LogP contribution in [0.2, 0.25) is 0 Å². The average Bonchev–Trinajstić information content (AvgIpc) is 2.99.